The second kappa shape index (κ2) is 13.2. The van der Waals surface area contributed by atoms with E-state index in [4.69, 9.17) is 19.4 Å². The second-order valence-corrected chi connectivity index (χ2v) is 17.5. The maximum Gasteiger partial charge on any atom is 0.164 e. The first-order chi connectivity index (χ1) is 31.2. The molecular formula is C57H32N4OS. The van der Waals surface area contributed by atoms with E-state index in [-0.39, 0.29) is 0 Å². The minimum atomic E-state index is 0.587. The van der Waals surface area contributed by atoms with Gasteiger partial charge < -0.3 is 8.98 Å². The van der Waals surface area contributed by atoms with Gasteiger partial charge in [0, 0.05) is 63.8 Å². The van der Waals surface area contributed by atoms with Crippen LogP contribution in [-0.4, -0.2) is 19.5 Å². The number of nitrogens with zero attached hydrogens (tertiary/aromatic N) is 4. The van der Waals surface area contributed by atoms with Crippen LogP contribution in [0.4, 0.5) is 0 Å². The van der Waals surface area contributed by atoms with E-state index in [1.165, 1.54) is 57.9 Å². The first-order valence-corrected chi connectivity index (χ1v) is 22.0. The van der Waals surface area contributed by atoms with Gasteiger partial charge in [0.1, 0.15) is 5.58 Å². The molecule has 0 N–H and O–H groups in total. The summed E-state index contributed by atoms with van der Waals surface area (Å²) in [6.07, 6.45) is 0. The zero-order chi connectivity index (χ0) is 41.2. The molecule has 0 aliphatic heterocycles. The smallest absolute Gasteiger partial charge is 0.164 e. The van der Waals surface area contributed by atoms with Crippen molar-refractivity contribution in [3.05, 3.63) is 194 Å². The molecule has 0 saturated heterocycles. The predicted octanol–water partition coefficient (Wildman–Crippen LogP) is 15.7. The van der Waals surface area contributed by atoms with Gasteiger partial charge in [0.15, 0.2) is 23.1 Å². The largest absolute Gasteiger partial charge is 0.454 e. The summed E-state index contributed by atoms with van der Waals surface area (Å²) in [7, 11) is 0. The molecule has 0 aliphatic carbocycles. The van der Waals surface area contributed by atoms with Gasteiger partial charge in [-0.15, -0.1) is 11.3 Å². The van der Waals surface area contributed by atoms with Crippen LogP contribution in [0, 0.1) is 0 Å². The third-order valence-electron chi connectivity index (χ3n) is 12.8. The first-order valence-electron chi connectivity index (χ1n) is 21.2. The predicted molar refractivity (Wildman–Crippen MR) is 263 cm³/mol. The normalized spacial score (nSPS) is 12.1. The number of aromatic nitrogens is 4. The fourth-order valence-corrected chi connectivity index (χ4v) is 10.9. The molecule has 0 unspecified atom stereocenters. The number of furan rings is 1. The summed E-state index contributed by atoms with van der Waals surface area (Å²) in [6, 6.07) is 69.2. The van der Waals surface area contributed by atoms with Crippen molar-refractivity contribution in [1.29, 1.82) is 0 Å². The summed E-state index contributed by atoms with van der Waals surface area (Å²) in [5, 5.41) is 13.9. The molecule has 292 valence electrons. The molecule has 0 bridgehead atoms. The van der Waals surface area contributed by atoms with Crippen LogP contribution in [0.25, 0.3) is 136 Å². The van der Waals surface area contributed by atoms with Crippen LogP contribution in [0.15, 0.2) is 199 Å². The molecule has 0 amide bonds. The van der Waals surface area contributed by atoms with Crippen LogP contribution in [0.2, 0.25) is 0 Å². The summed E-state index contributed by atoms with van der Waals surface area (Å²) >= 11 is 1.80. The molecule has 0 radical (unpaired) electrons. The minimum Gasteiger partial charge on any atom is -0.454 e. The molecule has 4 heterocycles. The summed E-state index contributed by atoms with van der Waals surface area (Å²) in [6.45, 7) is 0. The highest BCUT2D eigenvalue weighted by atomic mass is 32.1. The lowest BCUT2D eigenvalue weighted by Crippen LogP contribution is -2.02. The molecule has 5 nitrogen and oxygen atoms in total. The summed E-state index contributed by atoms with van der Waals surface area (Å²) in [5.74, 6) is 1.82. The number of thiophene rings is 1. The van der Waals surface area contributed by atoms with Crippen LogP contribution in [0.3, 0.4) is 0 Å². The number of rotatable bonds is 4. The van der Waals surface area contributed by atoms with E-state index < -0.39 is 0 Å². The highest BCUT2D eigenvalue weighted by Crippen LogP contribution is 2.44. The average Bonchev–Trinajstić information content (AvgIpc) is 4.02. The van der Waals surface area contributed by atoms with Crippen molar-refractivity contribution in [2.24, 2.45) is 0 Å². The monoisotopic (exact) mass is 820 g/mol. The molecule has 63 heavy (non-hydrogen) atoms. The van der Waals surface area contributed by atoms with E-state index in [2.05, 4.69) is 193 Å². The van der Waals surface area contributed by atoms with E-state index in [1.54, 1.807) is 11.3 Å². The second-order valence-electron chi connectivity index (χ2n) is 16.4. The molecule has 0 atom stereocenters. The van der Waals surface area contributed by atoms with Crippen molar-refractivity contribution in [3.63, 3.8) is 0 Å². The molecule has 0 fully saturated rings. The Hall–Kier alpha value is -8.19. The molecule has 0 saturated carbocycles. The Balaban J connectivity index is 1.09. The van der Waals surface area contributed by atoms with Crippen LogP contribution in [0.5, 0.6) is 0 Å². The van der Waals surface area contributed by atoms with Crippen molar-refractivity contribution in [2.75, 3.05) is 0 Å². The maximum absolute atomic E-state index is 6.92. The van der Waals surface area contributed by atoms with Gasteiger partial charge in [0.2, 0.25) is 0 Å². The van der Waals surface area contributed by atoms with Gasteiger partial charge in [-0.1, -0.05) is 146 Å². The lowest BCUT2D eigenvalue weighted by Gasteiger charge is -2.14. The number of fused-ring (bicyclic) bond motifs is 13. The summed E-state index contributed by atoms with van der Waals surface area (Å²) < 4.78 is 11.8. The molecule has 6 heteroatoms. The number of para-hydroxylation sites is 1. The Morgan fingerprint density at radius 1 is 0.365 bits per heavy atom. The lowest BCUT2D eigenvalue weighted by atomic mass is 10.0. The third-order valence-corrected chi connectivity index (χ3v) is 13.9. The third kappa shape index (κ3) is 5.25. The fourth-order valence-electron chi connectivity index (χ4n) is 9.77. The number of benzene rings is 10. The maximum atomic E-state index is 6.92. The van der Waals surface area contributed by atoms with Gasteiger partial charge in [-0.3, -0.25) is 0 Å². The highest BCUT2D eigenvalue weighted by molar-refractivity contribution is 7.25. The Morgan fingerprint density at radius 2 is 0.952 bits per heavy atom. The molecule has 0 aliphatic rings. The molecule has 0 spiro atoms. The van der Waals surface area contributed by atoms with Gasteiger partial charge in [-0.25, -0.2) is 15.0 Å². The van der Waals surface area contributed by atoms with Crippen molar-refractivity contribution < 1.29 is 4.42 Å². The van der Waals surface area contributed by atoms with Gasteiger partial charge in [0.25, 0.3) is 0 Å². The van der Waals surface area contributed by atoms with Crippen molar-refractivity contribution in [3.8, 4) is 39.9 Å². The van der Waals surface area contributed by atoms with Gasteiger partial charge in [-0.05, 0) is 75.5 Å². The quantitative estimate of drug-likeness (QED) is 0.177. The first kappa shape index (κ1) is 34.5. The molecule has 4 aromatic heterocycles. The van der Waals surface area contributed by atoms with Crippen LogP contribution in [-0.2, 0) is 0 Å². The van der Waals surface area contributed by atoms with Crippen LogP contribution < -0.4 is 0 Å². The topological polar surface area (TPSA) is 56.7 Å². The fraction of sp³-hybridized carbons (Fsp3) is 0. The minimum absolute atomic E-state index is 0.587. The van der Waals surface area contributed by atoms with E-state index in [1.807, 2.05) is 6.07 Å². The summed E-state index contributed by atoms with van der Waals surface area (Å²) in [4.78, 5) is 16.0. The number of hydrogen-bond acceptors (Lipinski definition) is 5. The molecule has 10 aromatic carbocycles. The Bertz CT molecular complexity index is 4230. The Labute approximate surface area is 363 Å². The van der Waals surface area contributed by atoms with Crippen molar-refractivity contribution in [1.82, 2.24) is 19.5 Å². The lowest BCUT2D eigenvalue weighted by molar-refractivity contribution is 0.666. The molecular weight excluding hydrogens is 789 g/mol. The highest BCUT2D eigenvalue weighted by Gasteiger charge is 2.23. The van der Waals surface area contributed by atoms with E-state index in [0.717, 1.165) is 60.7 Å². The van der Waals surface area contributed by atoms with Crippen molar-refractivity contribution in [2.45, 2.75) is 0 Å². The average molecular weight is 821 g/mol. The zero-order valence-electron chi connectivity index (χ0n) is 33.6. The van der Waals surface area contributed by atoms with E-state index >= 15 is 0 Å². The van der Waals surface area contributed by atoms with Gasteiger partial charge in [0.05, 0.1) is 16.7 Å². The molecule has 14 rings (SSSR count). The van der Waals surface area contributed by atoms with Crippen molar-refractivity contribution >= 4 is 108 Å². The standard InChI is InChI=1S/C57H32N4OS/c1-2-13-35-27-38(22-21-33(35)11-1)55-58-56(39-24-25-44-43-18-8-10-20-51(43)63-52(44)32-39)60-57(59-55)40-29-47-42-17-7-9-19-50(42)62-54(47)49(31-40)61-48-30-37-15-4-3-14-36(37)28-46(48)45-26-23-34-12-5-6-16-41(34)53(45)61/h1-32H. The zero-order valence-corrected chi connectivity index (χ0v) is 34.4. The number of hydrogen-bond donors (Lipinski definition) is 0. The van der Waals surface area contributed by atoms with E-state index in [0.29, 0.717) is 17.5 Å². The summed E-state index contributed by atoms with van der Waals surface area (Å²) in [5.41, 5.74) is 7.52. The van der Waals surface area contributed by atoms with E-state index in [9.17, 15) is 0 Å². The van der Waals surface area contributed by atoms with Gasteiger partial charge in [-0.2, -0.15) is 0 Å². The van der Waals surface area contributed by atoms with Gasteiger partial charge >= 0.3 is 0 Å². The van der Waals surface area contributed by atoms with Crippen LogP contribution >= 0.6 is 11.3 Å². The Morgan fingerprint density at radius 3 is 1.78 bits per heavy atom. The van der Waals surface area contributed by atoms with Crippen LogP contribution in [0.1, 0.15) is 0 Å². The Kier molecular flexibility index (Phi) is 7.21. The SMILES string of the molecule is c1ccc2cc(-c3nc(-c4ccc5c(c4)sc4ccccc45)nc(-c4cc(-n5c6cc7ccccc7cc6c6ccc7ccccc7c65)c5oc6ccccc6c5c4)n3)ccc2c1. The molecule has 14 aromatic rings.